The van der Waals surface area contributed by atoms with Crippen molar-refractivity contribution in [2.45, 2.75) is 13.0 Å². The van der Waals surface area contributed by atoms with Crippen LogP contribution in [-0.2, 0) is 13.0 Å². The molecule has 1 aromatic heterocycles. The Bertz CT molecular complexity index is 822. The summed E-state index contributed by atoms with van der Waals surface area (Å²) in [4.78, 5) is 8.71. The van der Waals surface area contributed by atoms with Crippen molar-refractivity contribution in [3.05, 3.63) is 82.0 Å². The highest BCUT2D eigenvalue weighted by molar-refractivity contribution is 6.30. The van der Waals surface area contributed by atoms with Crippen LogP contribution in [0.3, 0.4) is 0 Å². The van der Waals surface area contributed by atoms with Gasteiger partial charge in [0.2, 0.25) is 5.95 Å². The fourth-order valence-electron chi connectivity index (χ4n) is 2.35. The number of rotatable bonds is 7. The zero-order valence-electron chi connectivity index (χ0n) is 13.5. The number of halogens is 2. The molecule has 0 aliphatic rings. The number of anilines is 2. The van der Waals surface area contributed by atoms with E-state index in [1.807, 2.05) is 48.5 Å². The summed E-state index contributed by atoms with van der Waals surface area (Å²) in [7, 11) is 0. The summed E-state index contributed by atoms with van der Waals surface area (Å²) in [6, 6.07) is 17.4. The van der Waals surface area contributed by atoms with Crippen molar-refractivity contribution in [3.8, 4) is 0 Å². The molecule has 25 heavy (non-hydrogen) atoms. The average molecular weight is 373 g/mol. The minimum absolute atomic E-state index is 0.586. The van der Waals surface area contributed by atoms with Gasteiger partial charge in [-0.3, -0.25) is 0 Å². The molecule has 4 nitrogen and oxygen atoms in total. The maximum atomic E-state index is 6.00. The Labute approximate surface area is 157 Å². The molecule has 6 heteroatoms. The van der Waals surface area contributed by atoms with Gasteiger partial charge in [-0.15, -0.1) is 0 Å². The molecule has 128 valence electrons. The van der Waals surface area contributed by atoms with Gasteiger partial charge in [0.05, 0.1) is 0 Å². The molecule has 0 amide bonds. The van der Waals surface area contributed by atoms with Crippen LogP contribution < -0.4 is 10.6 Å². The van der Waals surface area contributed by atoms with Crippen LogP contribution in [0.4, 0.5) is 11.8 Å². The Morgan fingerprint density at radius 1 is 0.840 bits per heavy atom. The molecule has 0 saturated heterocycles. The van der Waals surface area contributed by atoms with E-state index in [0.717, 1.165) is 34.4 Å². The van der Waals surface area contributed by atoms with E-state index < -0.39 is 0 Å². The van der Waals surface area contributed by atoms with E-state index in [2.05, 4.69) is 26.7 Å². The van der Waals surface area contributed by atoms with Crippen molar-refractivity contribution < 1.29 is 0 Å². The lowest BCUT2D eigenvalue weighted by Crippen LogP contribution is -2.09. The second-order valence-electron chi connectivity index (χ2n) is 5.55. The first-order valence-corrected chi connectivity index (χ1v) is 8.74. The maximum absolute atomic E-state index is 6.00. The number of hydrogen-bond acceptors (Lipinski definition) is 4. The van der Waals surface area contributed by atoms with Crippen molar-refractivity contribution in [3.63, 3.8) is 0 Å². The number of hydrogen-bond donors (Lipinski definition) is 2. The molecule has 0 saturated carbocycles. The van der Waals surface area contributed by atoms with Gasteiger partial charge >= 0.3 is 0 Å². The van der Waals surface area contributed by atoms with Gasteiger partial charge in [-0.05, 0) is 47.9 Å². The molecule has 3 rings (SSSR count). The maximum Gasteiger partial charge on any atom is 0.224 e. The molecule has 3 aromatic rings. The Hall–Kier alpha value is -2.30. The van der Waals surface area contributed by atoms with E-state index in [4.69, 9.17) is 23.2 Å². The largest absolute Gasteiger partial charge is 0.370 e. The Morgan fingerprint density at radius 3 is 2.48 bits per heavy atom. The predicted molar refractivity (Wildman–Crippen MR) is 104 cm³/mol. The molecule has 0 spiro atoms. The number of nitrogens with one attached hydrogen (secondary N) is 2. The van der Waals surface area contributed by atoms with Gasteiger partial charge in [0.1, 0.15) is 5.82 Å². The second-order valence-corrected chi connectivity index (χ2v) is 6.43. The molecule has 0 atom stereocenters. The van der Waals surface area contributed by atoms with Gasteiger partial charge < -0.3 is 10.6 Å². The lowest BCUT2D eigenvalue weighted by atomic mass is 10.1. The van der Waals surface area contributed by atoms with E-state index in [1.165, 1.54) is 5.56 Å². The van der Waals surface area contributed by atoms with Crippen LogP contribution in [0.1, 0.15) is 11.1 Å². The summed E-state index contributed by atoms with van der Waals surface area (Å²) >= 11 is 11.9. The monoisotopic (exact) mass is 372 g/mol. The lowest BCUT2D eigenvalue weighted by molar-refractivity contribution is 0.991. The van der Waals surface area contributed by atoms with Gasteiger partial charge in [0.25, 0.3) is 0 Å². The quantitative estimate of drug-likeness (QED) is 0.609. The van der Waals surface area contributed by atoms with Crippen molar-refractivity contribution >= 4 is 35.0 Å². The Kier molecular flexibility index (Phi) is 6.09. The number of benzene rings is 2. The highest BCUT2D eigenvalue weighted by atomic mass is 35.5. The van der Waals surface area contributed by atoms with Crippen molar-refractivity contribution in [2.75, 3.05) is 17.2 Å². The Morgan fingerprint density at radius 2 is 1.68 bits per heavy atom. The molecule has 2 N–H and O–H groups in total. The van der Waals surface area contributed by atoms with E-state index in [9.17, 15) is 0 Å². The lowest BCUT2D eigenvalue weighted by Gasteiger charge is -2.09. The standard InChI is InChI=1S/C19H18Cl2N4/c20-16-6-4-15(5-7-16)13-24-19-23-11-9-18(25-19)22-10-8-14-2-1-3-17(21)12-14/h1-7,9,11-12H,8,10,13H2,(H2,22,23,24,25). The van der Waals surface area contributed by atoms with E-state index >= 15 is 0 Å². The van der Waals surface area contributed by atoms with Crippen LogP contribution in [0.15, 0.2) is 60.8 Å². The van der Waals surface area contributed by atoms with Crippen LogP contribution >= 0.6 is 23.2 Å². The zero-order chi connectivity index (χ0) is 17.5. The van der Waals surface area contributed by atoms with Gasteiger partial charge in [0, 0.05) is 29.3 Å². The van der Waals surface area contributed by atoms with Gasteiger partial charge in [-0.1, -0.05) is 47.5 Å². The van der Waals surface area contributed by atoms with Crippen molar-refractivity contribution in [2.24, 2.45) is 0 Å². The topological polar surface area (TPSA) is 49.8 Å². The first kappa shape index (κ1) is 17.5. The van der Waals surface area contributed by atoms with Gasteiger partial charge in [-0.25, -0.2) is 4.98 Å². The Balaban J connectivity index is 1.51. The van der Waals surface area contributed by atoms with Crippen molar-refractivity contribution in [1.82, 2.24) is 9.97 Å². The van der Waals surface area contributed by atoms with Crippen LogP contribution in [0.5, 0.6) is 0 Å². The highest BCUT2D eigenvalue weighted by Crippen LogP contribution is 2.13. The van der Waals surface area contributed by atoms with Crippen molar-refractivity contribution in [1.29, 1.82) is 0 Å². The molecule has 0 aliphatic heterocycles. The number of nitrogens with zero attached hydrogens (tertiary/aromatic N) is 2. The minimum atomic E-state index is 0.586. The van der Waals surface area contributed by atoms with Crippen LogP contribution in [-0.4, -0.2) is 16.5 Å². The third-order valence-corrected chi connectivity index (χ3v) is 4.12. The summed E-state index contributed by atoms with van der Waals surface area (Å²) < 4.78 is 0. The summed E-state index contributed by atoms with van der Waals surface area (Å²) in [5.41, 5.74) is 2.31. The molecule has 0 radical (unpaired) electrons. The van der Waals surface area contributed by atoms with Gasteiger partial charge in [0.15, 0.2) is 0 Å². The molecule has 0 aliphatic carbocycles. The molecule has 0 unspecified atom stereocenters. The van der Waals surface area contributed by atoms with Crippen LogP contribution in [0, 0.1) is 0 Å². The average Bonchev–Trinajstić information content (AvgIpc) is 2.62. The molecular formula is C19H18Cl2N4. The highest BCUT2D eigenvalue weighted by Gasteiger charge is 2.00. The second kappa shape index (κ2) is 8.70. The van der Waals surface area contributed by atoms with Crippen LogP contribution in [0.2, 0.25) is 10.0 Å². The summed E-state index contributed by atoms with van der Waals surface area (Å²) in [6.45, 7) is 1.41. The zero-order valence-corrected chi connectivity index (χ0v) is 15.1. The summed E-state index contributed by atoms with van der Waals surface area (Å²) in [5, 5.41) is 8.01. The summed E-state index contributed by atoms with van der Waals surface area (Å²) in [5.74, 6) is 1.37. The molecule has 0 fully saturated rings. The third kappa shape index (κ3) is 5.62. The summed E-state index contributed by atoms with van der Waals surface area (Å²) in [6.07, 6.45) is 2.61. The molecular weight excluding hydrogens is 355 g/mol. The third-order valence-electron chi connectivity index (χ3n) is 3.63. The predicted octanol–water partition coefficient (Wildman–Crippen LogP) is 5.05. The number of aromatic nitrogens is 2. The minimum Gasteiger partial charge on any atom is -0.370 e. The SMILES string of the molecule is Clc1ccc(CNc2nccc(NCCc3cccc(Cl)c3)n2)cc1. The van der Waals surface area contributed by atoms with E-state index in [-0.39, 0.29) is 0 Å². The first-order valence-electron chi connectivity index (χ1n) is 7.99. The smallest absolute Gasteiger partial charge is 0.224 e. The van der Waals surface area contributed by atoms with Gasteiger partial charge in [-0.2, -0.15) is 4.98 Å². The molecule has 1 heterocycles. The van der Waals surface area contributed by atoms with E-state index in [1.54, 1.807) is 6.20 Å². The first-order chi connectivity index (χ1) is 12.2. The normalized spacial score (nSPS) is 10.5. The van der Waals surface area contributed by atoms with E-state index in [0.29, 0.717) is 12.5 Å². The fourth-order valence-corrected chi connectivity index (χ4v) is 2.69. The fraction of sp³-hybridized carbons (Fsp3) is 0.158. The molecule has 0 bridgehead atoms. The molecule has 2 aromatic carbocycles. The van der Waals surface area contributed by atoms with Crippen LogP contribution in [0.25, 0.3) is 0 Å².